The van der Waals surface area contributed by atoms with E-state index in [4.69, 9.17) is 10.6 Å². The fourth-order valence-electron chi connectivity index (χ4n) is 3.26. The zero-order valence-corrected chi connectivity index (χ0v) is 11.1. The SMILES string of the molecule is CCCC(C)C(NN)C1(OCC)CCCC1. The number of nitrogens with one attached hydrogen (secondary N) is 1. The van der Waals surface area contributed by atoms with Crippen molar-refractivity contribution in [3.63, 3.8) is 0 Å². The minimum Gasteiger partial charge on any atom is -0.374 e. The number of hydrogen-bond acceptors (Lipinski definition) is 3. The van der Waals surface area contributed by atoms with Crippen LogP contribution in [0.3, 0.4) is 0 Å². The average Bonchev–Trinajstić information content (AvgIpc) is 2.69. The van der Waals surface area contributed by atoms with Crippen LogP contribution in [0.5, 0.6) is 0 Å². The van der Waals surface area contributed by atoms with E-state index in [9.17, 15) is 0 Å². The normalized spacial score (nSPS) is 23.2. The Morgan fingerprint density at radius 2 is 1.94 bits per heavy atom. The van der Waals surface area contributed by atoms with Gasteiger partial charge in [0.15, 0.2) is 0 Å². The van der Waals surface area contributed by atoms with Gasteiger partial charge in [-0.15, -0.1) is 0 Å². The molecule has 1 fully saturated rings. The van der Waals surface area contributed by atoms with Crippen LogP contribution in [0.4, 0.5) is 0 Å². The maximum absolute atomic E-state index is 6.07. The van der Waals surface area contributed by atoms with E-state index in [1.54, 1.807) is 0 Å². The highest BCUT2D eigenvalue weighted by Gasteiger charge is 2.43. The van der Waals surface area contributed by atoms with Crippen LogP contribution in [0.25, 0.3) is 0 Å². The smallest absolute Gasteiger partial charge is 0.0850 e. The second-order valence-corrected chi connectivity index (χ2v) is 5.12. The van der Waals surface area contributed by atoms with Gasteiger partial charge in [0.25, 0.3) is 0 Å². The fraction of sp³-hybridized carbons (Fsp3) is 1.00. The van der Waals surface area contributed by atoms with Crippen LogP contribution < -0.4 is 11.3 Å². The van der Waals surface area contributed by atoms with Crippen LogP contribution in [0.15, 0.2) is 0 Å². The predicted molar refractivity (Wildman–Crippen MR) is 68.0 cm³/mol. The molecule has 0 aromatic heterocycles. The van der Waals surface area contributed by atoms with Gasteiger partial charge in [-0.2, -0.15) is 0 Å². The molecular formula is C13H28N2O. The molecule has 1 aliphatic carbocycles. The summed E-state index contributed by atoms with van der Waals surface area (Å²) in [6, 6.07) is 0.301. The molecule has 0 aromatic rings. The summed E-state index contributed by atoms with van der Waals surface area (Å²) in [6.45, 7) is 7.38. The molecule has 16 heavy (non-hydrogen) atoms. The quantitative estimate of drug-likeness (QED) is 0.520. The van der Waals surface area contributed by atoms with Crippen molar-refractivity contribution >= 4 is 0 Å². The molecule has 1 rings (SSSR count). The van der Waals surface area contributed by atoms with Crippen molar-refractivity contribution in [3.8, 4) is 0 Å². The average molecular weight is 228 g/mol. The lowest BCUT2D eigenvalue weighted by molar-refractivity contribution is -0.0745. The van der Waals surface area contributed by atoms with Gasteiger partial charge in [-0.1, -0.05) is 33.1 Å². The first-order valence-corrected chi connectivity index (χ1v) is 6.80. The summed E-state index contributed by atoms with van der Waals surface area (Å²) >= 11 is 0. The minimum atomic E-state index is -0.00190. The van der Waals surface area contributed by atoms with Gasteiger partial charge in [-0.25, -0.2) is 0 Å². The maximum atomic E-state index is 6.07. The van der Waals surface area contributed by atoms with Crippen LogP contribution in [-0.4, -0.2) is 18.2 Å². The fourth-order valence-corrected chi connectivity index (χ4v) is 3.26. The highest BCUT2D eigenvalue weighted by molar-refractivity contribution is 4.98. The first-order valence-electron chi connectivity index (χ1n) is 6.80. The van der Waals surface area contributed by atoms with Gasteiger partial charge in [0.1, 0.15) is 0 Å². The molecule has 96 valence electrons. The number of rotatable bonds is 7. The van der Waals surface area contributed by atoms with Gasteiger partial charge in [-0.3, -0.25) is 11.3 Å². The van der Waals surface area contributed by atoms with Gasteiger partial charge in [0.05, 0.1) is 11.6 Å². The van der Waals surface area contributed by atoms with Crippen molar-refractivity contribution in [2.75, 3.05) is 6.61 Å². The van der Waals surface area contributed by atoms with Crippen molar-refractivity contribution in [1.82, 2.24) is 5.43 Å². The Hall–Kier alpha value is -0.120. The monoisotopic (exact) mass is 228 g/mol. The molecule has 2 unspecified atom stereocenters. The Morgan fingerprint density at radius 1 is 1.31 bits per heavy atom. The van der Waals surface area contributed by atoms with Crippen molar-refractivity contribution in [2.45, 2.75) is 70.9 Å². The predicted octanol–water partition coefficient (Wildman–Crippen LogP) is 2.60. The van der Waals surface area contributed by atoms with E-state index in [0.29, 0.717) is 12.0 Å². The molecule has 3 heteroatoms. The van der Waals surface area contributed by atoms with E-state index >= 15 is 0 Å². The Labute approximate surface area is 100 Å². The standard InChI is InChI=1S/C13H28N2O/c1-4-8-11(3)12(15-14)13(16-5-2)9-6-7-10-13/h11-12,15H,4-10,14H2,1-3H3. The summed E-state index contributed by atoms with van der Waals surface area (Å²) in [7, 11) is 0. The molecule has 0 heterocycles. The minimum absolute atomic E-state index is 0.00190. The molecule has 1 saturated carbocycles. The van der Waals surface area contributed by atoms with E-state index in [0.717, 1.165) is 19.4 Å². The molecule has 0 radical (unpaired) electrons. The van der Waals surface area contributed by atoms with Gasteiger partial charge in [0.2, 0.25) is 0 Å². The molecule has 0 saturated heterocycles. The van der Waals surface area contributed by atoms with Crippen molar-refractivity contribution in [3.05, 3.63) is 0 Å². The van der Waals surface area contributed by atoms with Crippen molar-refractivity contribution < 1.29 is 4.74 Å². The molecule has 0 spiro atoms. The van der Waals surface area contributed by atoms with E-state index < -0.39 is 0 Å². The topological polar surface area (TPSA) is 47.3 Å². The number of ether oxygens (including phenoxy) is 1. The number of hydrazine groups is 1. The third kappa shape index (κ3) is 2.96. The third-order valence-electron chi connectivity index (χ3n) is 3.94. The van der Waals surface area contributed by atoms with Crippen LogP contribution in [0.2, 0.25) is 0 Å². The molecular weight excluding hydrogens is 200 g/mol. The molecule has 2 atom stereocenters. The number of nitrogens with two attached hydrogens (primary N) is 1. The lowest BCUT2D eigenvalue weighted by Crippen LogP contribution is -2.56. The van der Waals surface area contributed by atoms with Crippen LogP contribution in [0.1, 0.15) is 59.3 Å². The summed E-state index contributed by atoms with van der Waals surface area (Å²) in [5.41, 5.74) is 3.03. The highest BCUT2D eigenvalue weighted by atomic mass is 16.5. The largest absolute Gasteiger partial charge is 0.374 e. The molecule has 0 aliphatic heterocycles. The maximum Gasteiger partial charge on any atom is 0.0850 e. The number of hydrogen-bond donors (Lipinski definition) is 2. The van der Waals surface area contributed by atoms with Crippen molar-refractivity contribution in [1.29, 1.82) is 0 Å². The van der Waals surface area contributed by atoms with Gasteiger partial charge < -0.3 is 4.74 Å². The van der Waals surface area contributed by atoms with Crippen molar-refractivity contribution in [2.24, 2.45) is 11.8 Å². The Kier molecular flexibility index (Phi) is 5.73. The molecule has 0 aromatic carbocycles. The summed E-state index contributed by atoms with van der Waals surface area (Å²) in [5, 5.41) is 0. The summed E-state index contributed by atoms with van der Waals surface area (Å²) in [6.07, 6.45) is 7.28. The first-order chi connectivity index (χ1) is 7.70. The Bertz CT molecular complexity index is 190. The summed E-state index contributed by atoms with van der Waals surface area (Å²) in [4.78, 5) is 0. The third-order valence-corrected chi connectivity index (χ3v) is 3.94. The van der Waals surface area contributed by atoms with Gasteiger partial charge in [0, 0.05) is 6.61 Å². The lowest BCUT2D eigenvalue weighted by Gasteiger charge is -2.40. The van der Waals surface area contributed by atoms with Gasteiger partial charge in [-0.05, 0) is 32.1 Å². The first kappa shape index (κ1) is 13.9. The zero-order valence-electron chi connectivity index (χ0n) is 11.1. The van der Waals surface area contributed by atoms with E-state index in [1.165, 1.54) is 25.7 Å². The van der Waals surface area contributed by atoms with Crippen LogP contribution in [0, 0.1) is 5.92 Å². The van der Waals surface area contributed by atoms with E-state index in [1.807, 2.05) is 0 Å². The highest BCUT2D eigenvalue weighted by Crippen LogP contribution is 2.39. The van der Waals surface area contributed by atoms with E-state index in [-0.39, 0.29) is 5.60 Å². The van der Waals surface area contributed by atoms with Gasteiger partial charge >= 0.3 is 0 Å². The zero-order chi connectivity index (χ0) is 12.0. The molecule has 1 aliphatic rings. The molecule has 3 N–H and O–H groups in total. The summed E-state index contributed by atoms with van der Waals surface area (Å²) in [5.74, 6) is 6.35. The van der Waals surface area contributed by atoms with Crippen LogP contribution >= 0.6 is 0 Å². The molecule has 0 amide bonds. The second-order valence-electron chi connectivity index (χ2n) is 5.12. The molecule has 0 bridgehead atoms. The van der Waals surface area contributed by atoms with E-state index in [2.05, 4.69) is 26.2 Å². The Balaban J connectivity index is 2.72. The lowest BCUT2D eigenvalue weighted by atomic mass is 9.82. The second kappa shape index (κ2) is 6.58. The Morgan fingerprint density at radius 3 is 2.38 bits per heavy atom. The summed E-state index contributed by atoms with van der Waals surface area (Å²) < 4.78 is 6.07. The van der Waals surface area contributed by atoms with Crippen LogP contribution in [-0.2, 0) is 4.74 Å². The molecule has 3 nitrogen and oxygen atoms in total.